The Morgan fingerprint density at radius 2 is 1.73 bits per heavy atom. The van der Waals surface area contributed by atoms with Crippen molar-refractivity contribution in [1.29, 1.82) is 0 Å². The second-order valence-corrected chi connectivity index (χ2v) is 8.27. The Balaban J connectivity index is 1.86. The van der Waals surface area contributed by atoms with Gasteiger partial charge in [0.25, 0.3) is 0 Å². The van der Waals surface area contributed by atoms with Crippen LogP contribution >= 0.6 is 11.6 Å². The van der Waals surface area contributed by atoms with E-state index in [0.717, 1.165) is 16.8 Å². The topological polar surface area (TPSA) is 61.2 Å². The number of carbonyl (C=O) groups is 2. The molecule has 0 unspecified atom stereocenters. The number of rotatable bonds is 6. The number of benzene rings is 2. The predicted molar refractivity (Wildman–Crippen MR) is 118 cm³/mol. The highest BCUT2D eigenvalue weighted by Gasteiger charge is 2.22. The van der Waals surface area contributed by atoms with Gasteiger partial charge in [-0.1, -0.05) is 62.7 Å². The summed E-state index contributed by atoms with van der Waals surface area (Å²) in [5, 5.41) is 5.31. The molecule has 5 nitrogen and oxygen atoms in total. The molecule has 0 atom stereocenters. The molecule has 6 heteroatoms. The Labute approximate surface area is 180 Å². The number of esters is 1. The Kier molecular flexibility index (Phi) is 6.53. The van der Waals surface area contributed by atoms with Crippen molar-refractivity contribution < 1.29 is 14.3 Å². The van der Waals surface area contributed by atoms with E-state index < -0.39 is 11.4 Å². The standard InChI is InChI=1S/C24H23ClN2O3/c1-24(2,3)21(28)16-30-22(29)14-11-18-15-27(20-7-5-4-6-8-20)26-23(18)17-9-12-19(25)13-10-17/h4-15H,16H2,1-3H3/b14-11+. The Hall–Kier alpha value is -3.18. The third kappa shape index (κ3) is 5.45. The smallest absolute Gasteiger partial charge is 0.331 e. The molecule has 0 radical (unpaired) electrons. The van der Waals surface area contributed by atoms with Crippen LogP contribution in [0, 0.1) is 5.41 Å². The van der Waals surface area contributed by atoms with Crippen molar-refractivity contribution in [3.63, 3.8) is 0 Å². The average molecular weight is 423 g/mol. The summed E-state index contributed by atoms with van der Waals surface area (Å²) >= 11 is 6.01. The maximum atomic E-state index is 12.1. The lowest BCUT2D eigenvalue weighted by Crippen LogP contribution is -2.25. The zero-order valence-electron chi connectivity index (χ0n) is 17.1. The van der Waals surface area contributed by atoms with Crippen molar-refractivity contribution >= 4 is 29.4 Å². The zero-order chi connectivity index (χ0) is 21.7. The fourth-order valence-electron chi connectivity index (χ4n) is 2.61. The zero-order valence-corrected chi connectivity index (χ0v) is 17.9. The second kappa shape index (κ2) is 9.09. The molecular weight excluding hydrogens is 400 g/mol. The summed E-state index contributed by atoms with van der Waals surface area (Å²) < 4.78 is 6.83. The molecule has 0 saturated heterocycles. The van der Waals surface area contributed by atoms with Crippen LogP contribution in [0.5, 0.6) is 0 Å². The lowest BCUT2D eigenvalue weighted by molar-refractivity contribution is -0.145. The van der Waals surface area contributed by atoms with Crippen molar-refractivity contribution in [2.24, 2.45) is 5.41 Å². The summed E-state index contributed by atoms with van der Waals surface area (Å²) in [5.74, 6) is -0.717. The van der Waals surface area contributed by atoms with Gasteiger partial charge in [0.05, 0.1) is 11.4 Å². The normalized spacial score (nSPS) is 11.6. The predicted octanol–water partition coefficient (Wildman–Crippen LogP) is 5.36. The van der Waals surface area contributed by atoms with Crippen molar-refractivity contribution in [2.45, 2.75) is 20.8 Å². The van der Waals surface area contributed by atoms with Gasteiger partial charge in [-0.3, -0.25) is 4.79 Å². The summed E-state index contributed by atoms with van der Waals surface area (Å²) in [7, 11) is 0. The Morgan fingerprint density at radius 1 is 1.07 bits per heavy atom. The Morgan fingerprint density at radius 3 is 2.37 bits per heavy atom. The van der Waals surface area contributed by atoms with Gasteiger partial charge in [0.15, 0.2) is 12.4 Å². The molecule has 1 aromatic heterocycles. The van der Waals surface area contributed by atoms with Gasteiger partial charge in [-0.15, -0.1) is 0 Å². The number of carbonyl (C=O) groups excluding carboxylic acids is 2. The van der Waals surface area contributed by atoms with Crippen LogP contribution < -0.4 is 0 Å². The molecule has 1 heterocycles. The lowest BCUT2D eigenvalue weighted by Gasteiger charge is -2.15. The fraction of sp³-hybridized carbons (Fsp3) is 0.208. The van der Waals surface area contributed by atoms with Crippen LogP contribution in [-0.4, -0.2) is 28.1 Å². The maximum Gasteiger partial charge on any atom is 0.331 e. The third-order valence-electron chi connectivity index (χ3n) is 4.46. The molecule has 0 N–H and O–H groups in total. The molecule has 3 rings (SSSR count). The first-order chi connectivity index (χ1) is 14.2. The molecule has 2 aromatic carbocycles. The van der Waals surface area contributed by atoms with Crippen LogP contribution in [0.2, 0.25) is 5.02 Å². The van der Waals surface area contributed by atoms with Crippen LogP contribution in [0.15, 0.2) is 66.9 Å². The number of halogens is 1. The van der Waals surface area contributed by atoms with Crippen LogP contribution in [0.25, 0.3) is 23.0 Å². The van der Waals surface area contributed by atoms with Crippen LogP contribution in [0.4, 0.5) is 0 Å². The van der Waals surface area contributed by atoms with Gasteiger partial charge in [0, 0.05) is 33.8 Å². The summed E-state index contributed by atoms with van der Waals surface area (Å²) in [6.07, 6.45) is 4.78. The van der Waals surface area contributed by atoms with Gasteiger partial charge in [0.2, 0.25) is 0 Å². The molecule has 30 heavy (non-hydrogen) atoms. The molecule has 0 spiro atoms. The number of aromatic nitrogens is 2. The van der Waals surface area contributed by atoms with Gasteiger partial charge < -0.3 is 4.74 Å². The van der Waals surface area contributed by atoms with E-state index >= 15 is 0 Å². The average Bonchev–Trinajstić information content (AvgIpc) is 3.15. The SMILES string of the molecule is CC(C)(C)C(=O)COC(=O)/C=C/c1cn(-c2ccccc2)nc1-c1ccc(Cl)cc1. The van der Waals surface area contributed by atoms with E-state index in [9.17, 15) is 9.59 Å². The van der Waals surface area contributed by atoms with Gasteiger partial charge >= 0.3 is 5.97 Å². The molecule has 0 bridgehead atoms. The van der Waals surface area contributed by atoms with Crippen molar-refractivity contribution in [3.05, 3.63) is 77.5 Å². The summed E-state index contributed by atoms with van der Waals surface area (Å²) in [6, 6.07) is 17.0. The number of para-hydroxylation sites is 1. The van der Waals surface area contributed by atoms with E-state index in [2.05, 4.69) is 5.10 Å². The maximum absolute atomic E-state index is 12.1. The fourth-order valence-corrected chi connectivity index (χ4v) is 2.74. The summed E-state index contributed by atoms with van der Waals surface area (Å²) in [4.78, 5) is 24.1. The molecule has 0 aliphatic heterocycles. The van der Waals surface area contributed by atoms with E-state index in [-0.39, 0.29) is 12.4 Å². The van der Waals surface area contributed by atoms with E-state index in [1.165, 1.54) is 6.08 Å². The number of ether oxygens (including phenoxy) is 1. The summed E-state index contributed by atoms with van der Waals surface area (Å²) in [6.45, 7) is 5.11. The van der Waals surface area contributed by atoms with E-state index in [0.29, 0.717) is 10.7 Å². The lowest BCUT2D eigenvalue weighted by atomic mass is 9.91. The first-order valence-corrected chi connectivity index (χ1v) is 9.91. The van der Waals surface area contributed by atoms with Crippen molar-refractivity contribution in [1.82, 2.24) is 9.78 Å². The van der Waals surface area contributed by atoms with E-state index in [1.807, 2.05) is 48.7 Å². The highest BCUT2D eigenvalue weighted by molar-refractivity contribution is 6.30. The van der Waals surface area contributed by atoms with Gasteiger partial charge in [-0.05, 0) is 30.3 Å². The largest absolute Gasteiger partial charge is 0.455 e. The van der Waals surface area contributed by atoms with Crippen LogP contribution in [-0.2, 0) is 14.3 Å². The molecule has 0 saturated carbocycles. The highest BCUT2D eigenvalue weighted by atomic mass is 35.5. The number of ketones is 1. The first kappa shape index (κ1) is 21.5. The molecular formula is C24H23ClN2O3. The summed E-state index contributed by atoms with van der Waals surface area (Å²) in [5.41, 5.74) is 2.64. The van der Waals surface area contributed by atoms with Crippen LogP contribution in [0.1, 0.15) is 26.3 Å². The third-order valence-corrected chi connectivity index (χ3v) is 4.71. The number of nitrogens with zero attached hydrogens (tertiary/aromatic N) is 2. The monoisotopic (exact) mass is 422 g/mol. The first-order valence-electron chi connectivity index (χ1n) is 9.53. The highest BCUT2D eigenvalue weighted by Crippen LogP contribution is 2.26. The molecule has 0 aliphatic carbocycles. The van der Waals surface area contributed by atoms with Gasteiger partial charge in [-0.25, -0.2) is 9.48 Å². The van der Waals surface area contributed by atoms with Crippen molar-refractivity contribution in [2.75, 3.05) is 6.61 Å². The molecule has 3 aromatic rings. The minimum atomic E-state index is -0.581. The van der Waals surface area contributed by atoms with E-state index in [1.54, 1.807) is 43.7 Å². The molecule has 0 aliphatic rings. The van der Waals surface area contributed by atoms with E-state index in [4.69, 9.17) is 16.3 Å². The minimum Gasteiger partial charge on any atom is -0.455 e. The number of hydrogen-bond acceptors (Lipinski definition) is 4. The Bertz CT molecular complexity index is 1060. The second-order valence-electron chi connectivity index (χ2n) is 7.83. The van der Waals surface area contributed by atoms with Crippen LogP contribution in [0.3, 0.4) is 0 Å². The van der Waals surface area contributed by atoms with Gasteiger partial charge in [0.1, 0.15) is 0 Å². The molecule has 0 fully saturated rings. The molecule has 154 valence electrons. The van der Waals surface area contributed by atoms with Gasteiger partial charge in [-0.2, -0.15) is 5.10 Å². The molecule has 0 amide bonds. The minimum absolute atomic E-state index is 0.136. The number of hydrogen-bond donors (Lipinski definition) is 0. The van der Waals surface area contributed by atoms with Crippen molar-refractivity contribution in [3.8, 4) is 16.9 Å². The quantitative estimate of drug-likeness (QED) is 0.396. The number of Topliss-reactive ketones (excluding diaryl/α,β-unsaturated/α-hetero) is 1.